The van der Waals surface area contributed by atoms with Gasteiger partial charge in [0, 0.05) is 13.1 Å². The molecule has 5 heteroatoms. The Morgan fingerprint density at radius 3 is 2.71 bits per heavy atom. The molecule has 14 heavy (non-hydrogen) atoms. The van der Waals surface area contributed by atoms with E-state index in [0.29, 0.717) is 13.1 Å². The molecule has 0 aliphatic carbocycles. The number of rotatable bonds is 0. The number of ether oxygens (including phenoxy) is 1. The first-order chi connectivity index (χ1) is 6.38. The highest BCUT2D eigenvalue weighted by molar-refractivity contribution is 5.68. The number of aliphatic hydroxyl groups excluding tert-OH is 1. The van der Waals surface area contributed by atoms with Gasteiger partial charge in [0.15, 0.2) is 0 Å². The minimum Gasteiger partial charge on any atom is -0.444 e. The molecule has 1 amide bonds. The number of carbonyl (C=O) groups is 1. The number of hydrogen-bond acceptors (Lipinski definition) is 4. The van der Waals surface area contributed by atoms with Gasteiger partial charge in [0.05, 0.1) is 6.54 Å². The fourth-order valence-corrected chi connectivity index (χ4v) is 1.22. The molecule has 0 aromatic heterocycles. The lowest BCUT2D eigenvalue weighted by Gasteiger charge is -2.32. The molecule has 1 atom stereocenters. The van der Waals surface area contributed by atoms with E-state index in [9.17, 15) is 9.90 Å². The molecule has 5 nitrogen and oxygen atoms in total. The molecule has 0 radical (unpaired) electrons. The van der Waals surface area contributed by atoms with Crippen molar-refractivity contribution in [3.63, 3.8) is 0 Å². The van der Waals surface area contributed by atoms with Gasteiger partial charge in [-0.15, -0.1) is 0 Å². The quantitative estimate of drug-likeness (QED) is 0.587. The SMILES string of the molecule is CC(C)(C)OC(=O)N1CCN[C@@H](O)C1. The minimum atomic E-state index is -0.642. The van der Waals surface area contributed by atoms with Crippen molar-refractivity contribution in [2.24, 2.45) is 0 Å². The Morgan fingerprint density at radius 1 is 1.57 bits per heavy atom. The minimum absolute atomic E-state index is 0.287. The molecule has 1 aliphatic heterocycles. The van der Waals surface area contributed by atoms with Gasteiger partial charge in [0.1, 0.15) is 11.8 Å². The van der Waals surface area contributed by atoms with Crippen LogP contribution in [0.2, 0.25) is 0 Å². The Labute approximate surface area is 84.0 Å². The highest BCUT2D eigenvalue weighted by atomic mass is 16.6. The summed E-state index contributed by atoms with van der Waals surface area (Å²) in [5, 5.41) is 12.1. The maximum Gasteiger partial charge on any atom is 0.410 e. The second kappa shape index (κ2) is 4.14. The van der Waals surface area contributed by atoms with E-state index in [4.69, 9.17) is 4.74 Å². The van der Waals surface area contributed by atoms with E-state index >= 15 is 0 Å². The number of piperazine rings is 1. The maximum atomic E-state index is 11.5. The van der Waals surface area contributed by atoms with Crippen molar-refractivity contribution in [2.75, 3.05) is 19.6 Å². The molecule has 0 bridgehead atoms. The third kappa shape index (κ3) is 3.51. The van der Waals surface area contributed by atoms with Crippen molar-refractivity contribution in [1.82, 2.24) is 10.2 Å². The van der Waals surface area contributed by atoms with E-state index in [1.165, 1.54) is 4.90 Å². The van der Waals surface area contributed by atoms with E-state index in [0.717, 1.165) is 0 Å². The Balaban J connectivity index is 2.44. The topological polar surface area (TPSA) is 61.8 Å². The number of aliphatic hydroxyl groups is 1. The summed E-state index contributed by atoms with van der Waals surface area (Å²) < 4.78 is 5.17. The average Bonchev–Trinajstić information content (AvgIpc) is 2.01. The van der Waals surface area contributed by atoms with Gasteiger partial charge < -0.3 is 14.7 Å². The zero-order valence-electron chi connectivity index (χ0n) is 8.91. The third-order valence-corrected chi connectivity index (χ3v) is 1.81. The van der Waals surface area contributed by atoms with E-state index in [-0.39, 0.29) is 12.6 Å². The normalized spacial score (nSPS) is 23.4. The Hall–Kier alpha value is -0.810. The number of hydrogen-bond donors (Lipinski definition) is 2. The first-order valence-corrected chi connectivity index (χ1v) is 4.78. The number of nitrogens with one attached hydrogen (secondary N) is 1. The molecule has 1 rings (SSSR count). The lowest BCUT2D eigenvalue weighted by atomic mass is 10.2. The van der Waals surface area contributed by atoms with Gasteiger partial charge in [-0.25, -0.2) is 4.79 Å². The fourth-order valence-electron chi connectivity index (χ4n) is 1.22. The molecule has 0 aromatic carbocycles. The lowest BCUT2D eigenvalue weighted by molar-refractivity contribution is -0.0000331. The highest BCUT2D eigenvalue weighted by Crippen LogP contribution is 2.10. The number of nitrogens with zero attached hydrogens (tertiary/aromatic N) is 1. The van der Waals surface area contributed by atoms with Crippen LogP contribution >= 0.6 is 0 Å². The summed E-state index contributed by atoms with van der Waals surface area (Å²) >= 11 is 0. The molecular weight excluding hydrogens is 184 g/mol. The lowest BCUT2D eigenvalue weighted by Crippen LogP contribution is -2.53. The largest absolute Gasteiger partial charge is 0.444 e. The van der Waals surface area contributed by atoms with Crippen molar-refractivity contribution in [3.05, 3.63) is 0 Å². The van der Waals surface area contributed by atoms with Crippen LogP contribution in [0.3, 0.4) is 0 Å². The molecule has 0 unspecified atom stereocenters. The third-order valence-electron chi connectivity index (χ3n) is 1.81. The van der Waals surface area contributed by atoms with Gasteiger partial charge in [-0.2, -0.15) is 0 Å². The number of carbonyl (C=O) groups excluding carboxylic acids is 1. The number of amides is 1. The highest BCUT2D eigenvalue weighted by Gasteiger charge is 2.26. The van der Waals surface area contributed by atoms with Gasteiger partial charge in [-0.1, -0.05) is 0 Å². The monoisotopic (exact) mass is 202 g/mol. The molecule has 82 valence electrons. The van der Waals surface area contributed by atoms with Crippen LogP contribution in [0, 0.1) is 0 Å². The molecule has 1 saturated heterocycles. The van der Waals surface area contributed by atoms with Crippen molar-refractivity contribution in [3.8, 4) is 0 Å². The average molecular weight is 202 g/mol. The number of β-amino-alcohol motifs (C(OH)–C–C–N with tert-alkyl or cyclic N) is 1. The predicted molar refractivity (Wildman–Crippen MR) is 51.8 cm³/mol. The zero-order chi connectivity index (χ0) is 10.8. The van der Waals surface area contributed by atoms with Gasteiger partial charge in [-0.05, 0) is 20.8 Å². The summed E-state index contributed by atoms with van der Waals surface area (Å²) in [4.78, 5) is 13.0. The van der Waals surface area contributed by atoms with Gasteiger partial charge >= 0.3 is 6.09 Å². The summed E-state index contributed by atoms with van der Waals surface area (Å²) in [5.74, 6) is 0. The first-order valence-electron chi connectivity index (χ1n) is 4.78. The molecule has 0 saturated carbocycles. The Morgan fingerprint density at radius 2 is 2.21 bits per heavy atom. The van der Waals surface area contributed by atoms with Crippen LogP contribution in [0.5, 0.6) is 0 Å². The molecule has 0 spiro atoms. The summed E-state index contributed by atoms with van der Waals surface area (Å²) in [5.41, 5.74) is -0.479. The van der Waals surface area contributed by atoms with Crippen LogP contribution in [0.4, 0.5) is 4.79 Å². The smallest absolute Gasteiger partial charge is 0.410 e. The fraction of sp³-hybridized carbons (Fsp3) is 0.889. The summed E-state index contributed by atoms with van der Waals surface area (Å²) in [6.07, 6.45) is -1.01. The van der Waals surface area contributed by atoms with Gasteiger partial charge in [0.25, 0.3) is 0 Å². The van der Waals surface area contributed by atoms with E-state index in [1.807, 2.05) is 20.8 Å². The van der Waals surface area contributed by atoms with Crippen LogP contribution in [0.25, 0.3) is 0 Å². The zero-order valence-corrected chi connectivity index (χ0v) is 8.91. The van der Waals surface area contributed by atoms with Crippen molar-refractivity contribution in [2.45, 2.75) is 32.6 Å². The van der Waals surface area contributed by atoms with Gasteiger partial charge in [-0.3, -0.25) is 5.32 Å². The van der Waals surface area contributed by atoms with Crippen LogP contribution < -0.4 is 5.32 Å². The predicted octanol–water partition coefficient (Wildman–Crippen LogP) is 0.145. The molecule has 1 heterocycles. The second-order valence-electron chi connectivity index (χ2n) is 4.40. The van der Waals surface area contributed by atoms with Crippen molar-refractivity contribution < 1.29 is 14.6 Å². The van der Waals surface area contributed by atoms with Crippen LogP contribution in [-0.4, -0.2) is 47.6 Å². The summed E-state index contributed by atoms with van der Waals surface area (Å²) in [6, 6.07) is 0. The molecule has 1 aliphatic rings. The molecular formula is C9H18N2O3. The maximum absolute atomic E-state index is 11.5. The van der Waals surface area contributed by atoms with Crippen LogP contribution in [0.1, 0.15) is 20.8 Å². The first kappa shape index (κ1) is 11.3. The van der Waals surface area contributed by atoms with Crippen LogP contribution in [0.15, 0.2) is 0 Å². The Bertz CT molecular complexity index is 213. The van der Waals surface area contributed by atoms with Crippen molar-refractivity contribution in [1.29, 1.82) is 0 Å². The van der Waals surface area contributed by atoms with Gasteiger partial charge in [0.2, 0.25) is 0 Å². The van der Waals surface area contributed by atoms with E-state index in [2.05, 4.69) is 5.32 Å². The standard InChI is InChI=1S/C9H18N2O3/c1-9(2,3)14-8(13)11-5-4-10-7(12)6-11/h7,10,12H,4-6H2,1-3H3/t7-/m0/s1. The van der Waals surface area contributed by atoms with Crippen molar-refractivity contribution >= 4 is 6.09 Å². The van der Waals surface area contributed by atoms with E-state index in [1.54, 1.807) is 0 Å². The molecule has 2 N–H and O–H groups in total. The summed E-state index contributed by atoms with van der Waals surface area (Å²) in [6.45, 7) is 6.93. The Kier molecular flexibility index (Phi) is 3.34. The second-order valence-corrected chi connectivity index (χ2v) is 4.40. The van der Waals surface area contributed by atoms with Crippen LogP contribution in [-0.2, 0) is 4.74 Å². The van der Waals surface area contributed by atoms with E-state index < -0.39 is 11.8 Å². The molecule has 1 fully saturated rings. The summed E-state index contributed by atoms with van der Waals surface area (Å²) in [7, 11) is 0. The molecule has 0 aromatic rings.